The Labute approximate surface area is 110 Å². The molecule has 0 amide bonds. The van der Waals surface area contributed by atoms with Gasteiger partial charge in [0, 0.05) is 38.6 Å². The molecule has 0 atom stereocenters. The summed E-state index contributed by atoms with van der Waals surface area (Å²) in [5.41, 5.74) is 0.675. The first-order chi connectivity index (χ1) is 9.34. The van der Waals surface area contributed by atoms with Crippen LogP contribution in [0.3, 0.4) is 0 Å². The molecule has 100 valence electrons. The summed E-state index contributed by atoms with van der Waals surface area (Å²) in [6.07, 6.45) is 4.84. The van der Waals surface area contributed by atoms with Crippen LogP contribution in [0.4, 0.5) is 0 Å². The van der Waals surface area contributed by atoms with Gasteiger partial charge in [-0.3, -0.25) is 19.2 Å². The Morgan fingerprint density at radius 2 is 2.11 bits per heavy atom. The molecule has 0 aliphatic carbocycles. The predicted octanol–water partition coefficient (Wildman–Crippen LogP) is 0.124. The molecule has 1 aliphatic heterocycles. The summed E-state index contributed by atoms with van der Waals surface area (Å²) in [6.45, 7) is 4.89. The van der Waals surface area contributed by atoms with Crippen molar-refractivity contribution in [2.45, 2.75) is 6.54 Å². The maximum atomic E-state index is 12.2. The molecular formula is C13H16N4O2. The Kier molecular flexibility index (Phi) is 3.52. The SMILES string of the molecule is O=c1c2cnccc2ncn1CCN1CCOCC1. The zero-order valence-corrected chi connectivity index (χ0v) is 10.7. The van der Waals surface area contributed by atoms with Crippen LogP contribution in [0.5, 0.6) is 0 Å². The molecule has 6 nitrogen and oxygen atoms in total. The lowest BCUT2D eigenvalue weighted by molar-refractivity contribution is 0.0362. The molecular weight excluding hydrogens is 244 g/mol. The normalized spacial score (nSPS) is 16.8. The number of nitrogens with zero attached hydrogens (tertiary/aromatic N) is 4. The standard InChI is InChI=1S/C13H16N4O2/c18-13-11-9-14-2-1-12(11)15-10-17(13)4-3-16-5-7-19-8-6-16/h1-2,9-10H,3-8H2. The Bertz CT molecular complexity index is 619. The van der Waals surface area contributed by atoms with Crippen molar-refractivity contribution in [3.05, 3.63) is 35.1 Å². The second-order valence-corrected chi connectivity index (χ2v) is 4.59. The Hall–Kier alpha value is -1.79. The molecule has 1 aliphatic rings. The molecule has 0 aromatic carbocycles. The highest BCUT2D eigenvalue weighted by Crippen LogP contribution is 2.03. The van der Waals surface area contributed by atoms with E-state index in [2.05, 4.69) is 14.9 Å². The summed E-state index contributed by atoms with van der Waals surface area (Å²) in [4.78, 5) is 22.8. The van der Waals surface area contributed by atoms with Gasteiger partial charge < -0.3 is 4.74 Å². The van der Waals surface area contributed by atoms with E-state index in [1.54, 1.807) is 29.4 Å². The van der Waals surface area contributed by atoms with Gasteiger partial charge in [-0.25, -0.2) is 4.98 Å². The predicted molar refractivity (Wildman–Crippen MR) is 71.1 cm³/mol. The first-order valence-corrected chi connectivity index (χ1v) is 6.44. The highest BCUT2D eigenvalue weighted by Gasteiger charge is 2.11. The van der Waals surface area contributed by atoms with Gasteiger partial charge in [-0.2, -0.15) is 0 Å². The van der Waals surface area contributed by atoms with Gasteiger partial charge in [-0.15, -0.1) is 0 Å². The zero-order chi connectivity index (χ0) is 13.1. The van der Waals surface area contributed by atoms with Crippen LogP contribution in [-0.2, 0) is 11.3 Å². The summed E-state index contributed by atoms with van der Waals surface area (Å²) in [5, 5.41) is 0.576. The molecule has 2 aromatic rings. The molecule has 19 heavy (non-hydrogen) atoms. The van der Waals surface area contributed by atoms with Crippen molar-refractivity contribution in [2.75, 3.05) is 32.8 Å². The van der Waals surface area contributed by atoms with E-state index in [0.717, 1.165) is 32.8 Å². The molecule has 1 saturated heterocycles. The largest absolute Gasteiger partial charge is 0.379 e. The minimum atomic E-state index is -0.0219. The highest BCUT2D eigenvalue weighted by molar-refractivity contribution is 5.75. The number of hydrogen-bond donors (Lipinski definition) is 0. The van der Waals surface area contributed by atoms with Crippen LogP contribution in [0.15, 0.2) is 29.6 Å². The maximum absolute atomic E-state index is 12.2. The van der Waals surface area contributed by atoms with Gasteiger partial charge in [0.2, 0.25) is 0 Å². The molecule has 0 unspecified atom stereocenters. The minimum Gasteiger partial charge on any atom is -0.379 e. The van der Waals surface area contributed by atoms with Crippen molar-refractivity contribution >= 4 is 10.9 Å². The van der Waals surface area contributed by atoms with Crippen LogP contribution in [0.25, 0.3) is 10.9 Å². The third kappa shape index (κ3) is 2.64. The molecule has 1 fully saturated rings. The molecule has 0 saturated carbocycles. The molecule has 3 heterocycles. The van der Waals surface area contributed by atoms with Gasteiger partial charge >= 0.3 is 0 Å². The lowest BCUT2D eigenvalue weighted by Gasteiger charge is -2.26. The Morgan fingerprint density at radius 1 is 1.26 bits per heavy atom. The van der Waals surface area contributed by atoms with Gasteiger partial charge in [-0.05, 0) is 6.07 Å². The van der Waals surface area contributed by atoms with Crippen molar-refractivity contribution in [1.29, 1.82) is 0 Å². The number of pyridine rings is 1. The Morgan fingerprint density at radius 3 is 2.95 bits per heavy atom. The second-order valence-electron chi connectivity index (χ2n) is 4.59. The van der Waals surface area contributed by atoms with E-state index in [4.69, 9.17) is 4.74 Å². The quantitative estimate of drug-likeness (QED) is 0.784. The van der Waals surface area contributed by atoms with Crippen molar-refractivity contribution in [3.8, 4) is 0 Å². The molecule has 0 bridgehead atoms. The number of rotatable bonds is 3. The molecule has 6 heteroatoms. The van der Waals surface area contributed by atoms with E-state index in [-0.39, 0.29) is 5.56 Å². The van der Waals surface area contributed by atoms with Gasteiger partial charge in [-0.1, -0.05) is 0 Å². The van der Waals surface area contributed by atoms with E-state index in [1.807, 2.05) is 0 Å². The fraction of sp³-hybridized carbons (Fsp3) is 0.462. The van der Waals surface area contributed by atoms with E-state index in [1.165, 1.54) is 0 Å². The van der Waals surface area contributed by atoms with E-state index < -0.39 is 0 Å². The minimum absolute atomic E-state index is 0.0219. The smallest absolute Gasteiger partial charge is 0.262 e. The maximum Gasteiger partial charge on any atom is 0.262 e. The van der Waals surface area contributed by atoms with Crippen LogP contribution < -0.4 is 5.56 Å². The molecule has 0 radical (unpaired) electrons. The van der Waals surface area contributed by atoms with Crippen molar-refractivity contribution in [2.24, 2.45) is 0 Å². The number of morpholine rings is 1. The van der Waals surface area contributed by atoms with Crippen LogP contribution in [-0.4, -0.2) is 52.3 Å². The van der Waals surface area contributed by atoms with Crippen molar-refractivity contribution in [3.63, 3.8) is 0 Å². The van der Waals surface area contributed by atoms with E-state index >= 15 is 0 Å². The summed E-state index contributed by atoms with van der Waals surface area (Å²) in [5.74, 6) is 0. The average Bonchev–Trinajstić information content (AvgIpc) is 2.48. The average molecular weight is 260 g/mol. The van der Waals surface area contributed by atoms with Gasteiger partial charge in [0.25, 0.3) is 5.56 Å². The first-order valence-electron chi connectivity index (χ1n) is 6.44. The van der Waals surface area contributed by atoms with Crippen molar-refractivity contribution < 1.29 is 4.74 Å². The number of fused-ring (bicyclic) bond motifs is 1. The van der Waals surface area contributed by atoms with Crippen LogP contribution in [0.1, 0.15) is 0 Å². The molecule has 3 rings (SSSR count). The van der Waals surface area contributed by atoms with Crippen LogP contribution in [0.2, 0.25) is 0 Å². The van der Waals surface area contributed by atoms with Gasteiger partial charge in [0.15, 0.2) is 0 Å². The molecule has 2 aromatic heterocycles. The Balaban J connectivity index is 1.77. The third-order valence-electron chi connectivity index (χ3n) is 3.39. The lowest BCUT2D eigenvalue weighted by Crippen LogP contribution is -2.39. The summed E-state index contributed by atoms with van der Waals surface area (Å²) in [6, 6.07) is 1.75. The van der Waals surface area contributed by atoms with Gasteiger partial charge in [0.05, 0.1) is 30.4 Å². The van der Waals surface area contributed by atoms with Gasteiger partial charge in [0.1, 0.15) is 0 Å². The van der Waals surface area contributed by atoms with E-state index in [9.17, 15) is 4.79 Å². The molecule has 0 N–H and O–H groups in total. The first kappa shape index (κ1) is 12.3. The monoisotopic (exact) mass is 260 g/mol. The summed E-state index contributed by atoms with van der Waals surface area (Å²) in [7, 11) is 0. The molecule has 0 spiro atoms. The second kappa shape index (κ2) is 5.46. The topological polar surface area (TPSA) is 60.2 Å². The van der Waals surface area contributed by atoms with E-state index in [0.29, 0.717) is 17.4 Å². The summed E-state index contributed by atoms with van der Waals surface area (Å²) < 4.78 is 6.95. The number of hydrogen-bond acceptors (Lipinski definition) is 5. The van der Waals surface area contributed by atoms with Crippen LogP contribution >= 0.6 is 0 Å². The van der Waals surface area contributed by atoms with Crippen LogP contribution in [0, 0.1) is 0 Å². The number of ether oxygens (including phenoxy) is 1. The highest BCUT2D eigenvalue weighted by atomic mass is 16.5. The fourth-order valence-electron chi connectivity index (χ4n) is 2.24. The fourth-order valence-corrected chi connectivity index (χ4v) is 2.24. The number of aromatic nitrogens is 3. The third-order valence-corrected chi connectivity index (χ3v) is 3.39. The summed E-state index contributed by atoms with van der Waals surface area (Å²) >= 11 is 0. The van der Waals surface area contributed by atoms with Crippen molar-refractivity contribution in [1.82, 2.24) is 19.4 Å². The lowest BCUT2D eigenvalue weighted by atomic mass is 10.3. The zero-order valence-electron chi connectivity index (χ0n) is 10.7.